The van der Waals surface area contributed by atoms with E-state index in [0.29, 0.717) is 19.1 Å². The van der Waals surface area contributed by atoms with E-state index in [1.165, 1.54) is 6.42 Å². The second-order valence-corrected chi connectivity index (χ2v) is 5.37. The van der Waals surface area contributed by atoms with Gasteiger partial charge in [-0.05, 0) is 43.0 Å². The van der Waals surface area contributed by atoms with Crippen LogP contribution in [0.4, 0.5) is 5.69 Å². The standard InChI is InChI=1S/C16H27NO3/c1-13(2)5-4-10-20-12-15(18)11-17-14-6-8-16(19-3)9-7-14/h6-9,13,15,17-18H,4-5,10-12H2,1-3H3. The molecule has 0 saturated carbocycles. The Kier molecular flexibility index (Phi) is 8.07. The highest BCUT2D eigenvalue weighted by Gasteiger charge is 2.04. The largest absolute Gasteiger partial charge is 0.497 e. The van der Waals surface area contributed by atoms with Gasteiger partial charge in [0.05, 0.1) is 19.8 Å². The van der Waals surface area contributed by atoms with E-state index >= 15 is 0 Å². The van der Waals surface area contributed by atoms with Gasteiger partial charge in [-0.3, -0.25) is 0 Å². The highest BCUT2D eigenvalue weighted by molar-refractivity contribution is 5.46. The number of methoxy groups -OCH3 is 1. The molecular formula is C16H27NO3. The van der Waals surface area contributed by atoms with E-state index in [4.69, 9.17) is 9.47 Å². The summed E-state index contributed by atoms with van der Waals surface area (Å²) in [4.78, 5) is 0. The topological polar surface area (TPSA) is 50.7 Å². The van der Waals surface area contributed by atoms with Gasteiger partial charge in [-0.15, -0.1) is 0 Å². The zero-order valence-electron chi connectivity index (χ0n) is 12.8. The highest BCUT2D eigenvalue weighted by atomic mass is 16.5. The van der Waals surface area contributed by atoms with Crippen LogP contribution in [-0.4, -0.2) is 38.1 Å². The van der Waals surface area contributed by atoms with E-state index < -0.39 is 6.10 Å². The summed E-state index contributed by atoms with van der Waals surface area (Å²) in [6.07, 6.45) is 1.73. The molecule has 114 valence electrons. The fourth-order valence-corrected chi connectivity index (χ4v) is 1.82. The van der Waals surface area contributed by atoms with E-state index in [9.17, 15) is 5.11 Å². The third kappa shape index (κ3) is 7.36. The number of ether oxygens (including phenoxy) is 2. The van der Waals surface area contributed by atoms with Gasteiger partial charge in [-0.25, -0.2) is 0 Å². The third-order valence-corrected chi connectivity index (χ3v) is 3.01. The van der Waals surface area contributed by atoms with Crippen LogP contribution in [0.25, 0.3) is 0 Å². The van der Waals surface area contributed by atoms with Crippen molar-refractivity contribution < 1.29 is 14.6 Å². The second kappa shape index (κ2) is 9.61. The summed E-state index contributed by atoms with van der Waals surface area (Å²) in [5.41, 5.74) is 0.963. The molecule has 0 saturated heterocycles. The minimum absolute atomic E-state index is 0.376. The number of hydrogen-bond donors (Lipinski definition) is 2. The van der Waals surface area contributed by atoms with E-state index in [-0.39, 0.29) is 0 Å². The predicted octanol–water partition coefficient (Wildman–Crippen LogP) is 2.92. The number of benzene rings is 1. The van der Waals surface area contributed by atoms with E-state index in [0.717, 1.165) is 24.5 Å². The van der Waals surface area contributed by atoms with Crippen molar-refractivity contribution in [3.8, 4) is 5.75 Å². The number of aliphatic hydroxyl groups is 1. The van der Waals surface area contributed by atoms with Crippen LogP contribution in [0.1, 0.15) is 26.7 Å². The lowest BCUT2D eigenvalue weighted by Crippen LogP contribution is -2.25. The van der Waals surface area contributed by atoms with Crippen LogP contribution < -0.4 is 10.1 Å². The summed E-state index contributed by atoms with van der Waals surface area (Å²) in [6.45, 7) is 5.98. The summed E-state index contributed by atoms with van der Waals surface area (Å²) >= 11 is 0. The molecule has 0 aliphatic rings. The van der Waals surface area contributed by atoms with Gasteiger partial charge in [0.2, 0.25) is 0 Å². The quantitative estimate of drug-likeness (QED) is 0.647. The molecule has 0 radical (unpaired) electrons. The molecule has 1 atom stereocenters. The maximum absolute atomic E-state index is 9.81. The Morgan fingerprint density at radius 2 is 1.90 bits per heavy atom. The van der Waals surface area contributed by atoms with Gasteiger partial charge in [-0.2, -0.15) is 0 Å². The van der Waals surface area contributed by atoms with Gasteiger partial charge in [0.1, 0.15) is 5.75 Å². The molecule has 1 rings (SSSR count). The predicted molar refractivity (Wildman–Crippen MR) is 82.4 cm³/mol. The van der Waals surface area contributed by atoms with Crippen LogP contribution in [0.15, 0.2) is 24.3 Å². The van der Waals surface area contributed by atoms with Crippen LogP contribution >= 0.6 is 0 Å². The van der Waals surface area contributed by atoms with Gasteiger partial charge in [0.15, 0.2) is 0 Å². The first-order valence-electron chi connectivity index (χ1n) is 7.25. The normalized spacial score (nSPS) is 12.4. The molecule has 0 aliphatic carbocycles. The first-order chi connectivity index (χ1) is 9.61. The Morgan fingerprint density at radius 3 is 2.50 bits per heavy atom. The average Bonchev–Trinajstić information content (AvgIpc) is 2.45. The average molecular weight is 281 g/mol. The number of rotatable bonds is 10. The smallest absolute Gasteiger partial charge is 0.119 e. The van der Waals surface area contributed by atoms with Crippen molar-refractivity contribution in [1.82, 2.24) is 0 Å². The van der Waals surface area contributed by atoms with Crippen molar-refractivity contribution in [1.29, 1.82) is 0 Å². The monoisotopic (exact) mass is 281 g/mol. The molecule has 4 heteroatoms. The van der Waals surface area contributed by atoms with Crippen LogP contribution in [0, 0.1) is 5.92 Å². The fraction of sp³-hybridized carbons (Fsp3) is 0.625. The second-order valence-electron chi connectivity index (χ2n) is 5.37. The lowest BCUT2D eigenvalue weighted by atomic mass is 10.1. The minimum atomic E-state index is -0.490. The third-order valence-electron chi connectivity index (χ3n) is 3.01. The summed E-state index contributed by atoms with van der Waals surface area (Å²) in [5, 5.41) is 13.0. The van der Waals surface area contributed by atoms with Crippen LogP contribution in [0.3, 0.4) is 0 Å². The summed E-state index contributed by atoms with van der Waals surface area (Å²) in [7, 11) is 1.64. The van der Waals surface area contributed by atoms with Crippen molar-refractivity contribution in [2.75, 3.05) is 32.2 Å². The van der Waals surface area contributed by atoms with Crippen molar-refractivity contribution >= 4 is 5.69 Å². The Morgan fingerprint density at radius 1 is 1.20 bits per heavy atom. The Labute approximate surface area is 122 Å². The molecule has 0 spiro atoms. The maximum atomic E-state index is 9.81. The van der Waals surface area contributed by atoms with Gasteiger partial charge in [0, 0.05) is 18.8 Å². The maximum Gasteiger partial charge on any atom is 0.119 e. The molecule has 20 heavy (non-hydrogen) atoms. The lowest BCUT2D eigenvalue weighted by molar-refractivity contribution is 0.0409. The summed E-state index contributed by atoms with van der Waals surface area (Å²) in [5.74, 6) is 1.53. The summed E-state index contributed by atoms with van der Waals surface area (Å²) in [6, 6.07) is 7.62. The molecule has 1 aromatic carbocycles. The first-order valence-corrected chi connectivity index (χ1v) is 7.25. The first kappa shape index (κ1) is 16.8. The molecule has 0 fully saturated rings. The molecule has 0 aromatic heterocycles. The lowest BCUT2D eigenvalue weighted by Gasteiger charge is -2.14. The number of hydrogen-bond acceptors (Lipinski definition) is 4. The molecular weight excluding hydrogens is 254 g/mol. The van der Waals surface area contributed by atoms with Gasteiger partial charge < -0.3 is 19.9 Å². The van der Waals surface area contributed by atoms with E-state index in [1.54, 1.807) is 7.11 Å². The fourth-order valence-electron chi connectivity index (χ4n) is 1.82. The molecule has 0 heterocycles. The van der Waals surface area contributed by atoms with Crippen molar-refractivity contribution in [2.45, 2.75) is 32.8 Å². The van der Waals surface area contributed by atoms with Crippen LogP contribution in [0.2, 0.25) is 0 Å². The molecule has 1 unspecified atom stereocenters. The Balaban J connectivity index is 2.11. The number of nitrogens with one attached hydrogen (secondary N) is 1. The van der Waals surface area contributed by atoms with E-state index in [2.05, 4.69) is 19.2 Å². The molecule has 2 N–H and O–H groups in total. The SMILES string of the molecule is COc1ccc(NCC(O)COCCCC(C)C)cc1. The zero-order valence-corrected chi connectivity index (χ0v) is 12.8. The van der Waals surface area contributed by atoms with Crippen molar-refractivity contribution in [3.05, 3.63) is 24.3 Å². The zero-order chi connectivity index (χ0) is 14.8. The molecule has 0 amide bonds. The number of anilines is 1. The Bertz CT molecular complexity index is 351. The van der Waals surface area contributed by atoms with Crippen molar-refractivity contribution in [3.63, 3.8) is 0 Å². The van der Waals surface area contributed by atoms with Crippen molar-refractivity contribution in [2.24, 2.45) is 5.92 Å². The Hall–Kier alpha value is -1.26. The minimum Gasteiger partial charge on any atom is -0.497 e. The summed E-state index contributed by atoms with van der Waals surface area (Å²) < 4.78 is 10.6. The molecule has 0 bridgehead atoms. The van der Waals surface area contributed by atoms with Gasteiger partial charge in [-0.1, -0.05) is 13.8 Å². The van der Waals surface area contributed by atoms with Gasteiger partial charge >= 0.3 is 0 Å². The highest BCUT2D eigenvalue weighted by Crippen LogP contribution is 2.14. The van der Waals surface area contributed by atoms with Crippen LogP contribution in [0.5, 0.6) is 5.75 Å². The van der Waals surface area contributed by atoms with Crippen LogP contribution in [-0.2, 0) is 4.74 Å². The van der Waals surface area contributed by atoms with E-state index in [1.807, 2.05) is 24.3 Å². The van der Waals surface area contributed by atoms with Gasteiger partial charge in [0.25, 0.3) is 0 Å². The molecule has 1 aromatic rings. The number of aliphatic hydroxyl groups excluding tert-OH is 1. The molecule has 4 nitrogen and oxygen atoms in total. The molecule has 0 aliphatic heterocycles.